The molecule has 1 aliphatic rings. The van der Waals surface area contributed by atoms with Gasteiger partial charge in [-0.15, -0.1) is 0 Å². The number of nitrogens with two attached hydrogens (primary N) is 2. The molecule has 0 bridgehead atoms. The zero-order chi connectivity index (χ0) is 12.3. The zero-order valence-corrected chi connectivity index (χ0v) is 10.7. The Bertz CT molecular complexity index is 339. The molecule has 94 valence electrons. The number of hydrogen-bond acceptors (Lipinski definition) is 2. The molecule has 0 radical (unpaired) electrons. The summed E-state index contributed by atoms with van der Waals surface area (Å²) in [6.07, 6.45) is 5.36. The maximum absolute atomic E-state index is 6.65. The average Bonchev–Trinajstić information content (AvgIpc) is 2.35. The molecular formula is C15H24N2. The van der Waals surface area contributed by atoms with E-state index < -0.39 is 0 Å². The summed E-state index contributed by atoms with van der Waals surface area (Å²) in [5.41, 5.74) is 14.0. The van der Waals surface area contributed by atoms with Gasteiger partial charge in [-0.1, -0.05) is 37.3 Å². The lowest BCUT2D eigenvalue weighted by atomic mass is 9.69. The summed E-state index contributed by atoms with van der Waals surface area (Å²) in [6, 6.07) is 11.1. The summed E-state index contributed by atoms with van der Waals surface area (Å²) in [5, 5.41) is 0. The van der Waals surface area contributed by atoms with Crippen molar-refractivity contribution in [1.82, 2.24) is 0 Å². The predicted octanol–water partition coefficient (Wildman–Crippen LogP) is 2.78. The van der Waals surface area contributed by atoms with Crippen molar-refractivity contribution in [2.45, 2.75) is 56.5 Å². The number of benzene rings is 1. The minimum atomic E-state index is -0.0496. The highest BCUT2D eigenvalue weighted by atomic mass is 14.8. The fourth-order valence-electron chi connectivity index (χ4n) is 3.19. The van der Waals surface area contributed by atoms with Crippen LogP contribution in [0.4, 0.5) is 0 Å². The van der Waals surface area contributed by atoms with Crippen LogP contribution in [0.5, 0.6) is 0 Å². The monoisotopic (exact) mass is 232 g/mol. The fraction of sp³-hybridized carbons (Fsp3) is 0.600. The van der Waals surface area contributed by atoms with Gasteiger partial charge >= 0.3 is 0 Å². The quantitative estimate of drug-likeness (QED) is 0.842. The molecule has 4 N–H and O–H groups in total. The molecule has 1 atom stereocenters. The van der Waals surface area contributed by atoms with Gasteiger partial charge < -0.3 is 11.5 Å². The first kappa shape index (κ1) is 12.6. The summed E-state index contributed by atoms with van der Waals surface area (Å²) in [6.45, 7) is 2.24. The van der Waals surface area contributed by atoms with Gasteiger partial charge in [0, 0.05) is 17.5 Å². The summed E-state index contributed by atoms with van der Waals surface area (Å²) in [5.74, 6) is 0.469. The van der Waals surface area contributed by atoms with Gasteiger partial charge in [0.25, 0.3) is 0 Å². The van der Waals surface area contributed by atoms with E-state index in [2.05, 4.69) is 37.3 Å². The number of rotatable bonds is 3. The third kappa shape index (κ3) is 2.70. The van der Waals surface area contributed by atoms with Gasteiger partial charge in [-0.2, -0.15) is 0 Å². The highest BCUT2D eigenvalue weighted by Gasteiger charge is 2.37. The zero-order valence-electron chi connectivity index (χ0n) is 10.7. The molecule has 0 heterocycles. The molecule has 0 amide bonds. The first-order valence-corrected chi connectivity index (χ1v) is 6.75. The van der Waals surface area contributed by atoms with E-state index >= 15 is 0 Å². The molecule has 1 aromatic carbocycles. The van der Waals surface area contributed by atoms with E-state index in [1.165, 1.54) is 5.56 Å². The Morgan fingerprint density at radius 3 is 2.35 bits per heavy atom. The van der Waals surface area contributed by atoms with Crippen LogP contribution in [-0.4, -0.2) is 11.6 Å². The normalized spacial score (nSPS) is 31.1. The molecule has 0 aromatic heterocycles. The topological polar surface area (TPSA) is 52.0 Å². The van der Waals surface area contributed by atoms with Crippen molar-refractivity contribution in [3.8, 4) is 0 Å². The maximum atomic E-state index is 6.65. The van der Waals surface area contributed by atoms with Crippen LogP contribution in [0.1, 0.15) is 50.5 Å². The molecule has 1 unspecified atom stereocenters. The van der Waals surface area contributed by atoms with Gasteiger partial charge in [-0.25, -0.2) is 0 Å². The van der Waals surface area contributed by atoms with Crippen molar-refractivity contribution in [2.75, 3.05) is 0 Å². The van der Waals surface area contributed by atoms with Crippen LogP contribution < -0.4 is 11.5 Å². The first-order chi connectivity index (χ1) is 8.15. The largest absolute Gasteiger partial charge is 0.328 e. The first-order valence-electron chi connectivity index (χ1n) is 6.75. The molecule has 2 heteroatoms. The Balaban J connectivity index is 2.18. The second-order valence-corrected chi connectivity index (χ2v) is 5.44. The summed E-state index contributed by atoms with van der Waals surface area (Å²) in [7, 11) is 0. The lowest BCUT2D eigenvalue weighted by Gasteiger charge is -2.42. The summed E-state index contributed by atoms with van der Waals surface area (Å²) in [4.78, 5) is 0. The van der Waals surface area contributed by atoms with Gasteiger partial charge in [-0.3, -0.25) is 0 Å². The smallest absolute Gasteiger partial charge is 0.0224 e. The Kier molecular flexibility index (Phi) is 3.85. The van der Waals surface area contributed by atoms with Crippen molar-refractivity contribution in [2.24, 2.45) is 11.5 Å². The molecule has 0 aliphatic heterocycles. The van der Waals surface area contributed by atoms with Crippen LogP contribution >= 0.6 is 0 Å². The van der Waals surface area contributed by atoms with Crippen molar-refractivity contribution < 1.29 is 0 Å². The van der Waals surface area contributed by atoms with E-state index in [0.717, 1.165) is 32.1 Å². The van der Waals surface area contributed by atoms with Crippen molar-refractivity contribution >= 4 is 0 Å². The standard InChI is InChI=1S/C15H24N2/c1-2-14(12-6-4-3-5-7-12)15(17)10-8-13(16)9-11-15/h3-7,13-14H,2,8-11,16-17H2,1H3. The molecule has 2 nitrogen and oxygen atoms in total. The third-order valence-corrected chi connectivity index (χ3v) is 4.27. The van der Waals surface area contributed by atoms with Crippen molar-refractivity contribution in [3.63, 3.8) is 0 Å². The average molecular weight is 232 g/mol. The minimum Gasteiger partial charge on any atom is -0.328 e. The Hall–Kier alpha value is -0.860. The maximum Gasteiger partial charge on any atom is 0.0224 e. The van der Waals surface area contributed by atoms with E-state index in [4.69, 9.17) is 11.5 Å². The SMILES string of the molecule is CCC(c1ccccc1)C1(N)CCC(N)CC1. The molecule has 0 spiro atoms. The van der Waals surface area contributed by atoms with Crippen LogP contribution in [-0.2, 0) is 0 Å². The second kappa shape index (κ2) is 5.19. The molecule has 1 aromatic rings. The van der Waals surface area contributed by atoms with Crippen molar-refractivity contribution in [1.29, 1.82) is 0 Å². The molecular weight excluding hydrogens is 208 g/mol. The highest BCUT2D eigenvalue weighted by molar-refractivity contribution is 5.24. The fourth-order valence-corrected chi connectivity index (χ4v) is 3.19. The van der Waals surface area contributed by atoms with Gasteiger partial charge in [0.15, 0.2) is 0 Å². The third-order valence-electron chi connectivity index (χ3n) is 4.27. The van der Waals surface area contributed by atoms with E-state index in [-0.39, 0.29) is 5.54 Å². The Morgan fingerprint density at radius 1 is 1.24 bits per heavy atom. The molecule has 1 fully saturated rings. The predicted molar refractivity (Wildman–Crippen MR) is 72.8 cm³/mol. The second-order valence-electron chi connectivity index (χ2n) is 5.44. The molecule has 1 aliphatic carbocycles. The van der Waals surface area contributed by atoms with Crippen LogP contribution in [0.3, 0.4) is 0 Å². The summed E-state index contributed by atoms with van der Waals surface area (Å²) >= 11 is 0. The minimum absolute atomic E-state index is 0.0496. The lowest BCUT2D eigenvalue weighted by molar-refractivity contribution is 0.225. The van der Waals surface area contributed by atoms with Crippen molar-refractivity contribution in [3.05, 3.63) is 35.9 Å². The van der Waals surface area contributed by atoms with E-state index in [1.807, 2.05) is 0 Å². The molecule has 0 saturated heterocycles. The number of hydrogen-bond donors (Lipinski definition) is 2. The van der Waals surface area contributed by atoms with Gasteiger partial charge in [0.1, 0.15) is 0 Å². The lowest BCUT2D eigenvalue weighted by Crippen LogP contribution is -2.50. The summed E-state index contributed by atoms with van der Waals surface area (Å²) < 4.78 is 0. The highest BCUT2D eigenvalue weighted by Crippen LogP contribution is 2.39. The van der Waals surface area contributed by atoms with Crippen LogP contribution in [0.15, 0.2) is 30.3 Å². The van der Waals surface area contributed by atoms with Crippen LogP contribution in [0.2, 0.25) is 0 Å². The van der Waals surface area contributed by atoms with E-state index in [0.29, 0.717) is 12.0 Å². The van der Waals surface area contributed by atoms with E-state index in [1.54, 1.807) is 0 Å². The van der Waals surface area contributed by atoms with Crippen LogP contribution in [0, 0.1) is 0 Å². The molecule has 2 rings (SSSR count). The van der Waals surface area contributed by atoms with Gasteiger partial charge in [0.05, 0.1) is 0 Å². The van der Waals surface area contributed by atoms with Crippen LogP contribution in [0.25, 0.3) is 0 Å². The Labute approximate surface area is 104 Å². The van der Waals surface area contributed by atoms with E-state index in [9.17, 15) is 0 Å². The van der Waals surface area contributed by atoms with Gasteiger partial charge in [0.2, 0.25) is 0 Å². The Morgan fingerprint density at radius 2 is 1.82 bits per heavy atom. The molecule has 1 saturated carbocycles. The van der Waals surface area contributed by atoms with Gasteiger partial charge in [-0.05, 0) is 37.7 Å². The molecule has 17 heavy (non-hydrogen) atoms.